The van der Waals surface area contributed by atoms with E-state index in [0.29, 0.717) is 18.0 Å². The lowest BCUT2D eigenvalue weighted by Crippen LogP contribution is -2.29. The summed E-state index contributed by atoms with van der Waals surface area (Å²) in [7, 11) is -3.47. The number of hydrogen-bond donors (Lipinski definition) is 1. The molecule has 1 aromatic rings. The van der Waals surface area contributed by atoms with Gasteiger partial charge >= 0.3 is 0 Å². The van der Waals surface area contributed by atoms with Gasteiger partial charge in [0.25, 0.3) is 0 Å². The van der Waals surface area contributed by atoms with E-state index in [-0.39, 0.29) is 18.4 Å². The first-order chi connectivity index (χ1) is 8.98. The molecular formula is C14H19NO3S. The van der Waals surface area contributed by atoms with Crippen molar-refractivity contribution >= 4 is 10.0 Å². The normalized spacial score (nSPS) is 24.5. The van der Waals surface area contributed by atoms with Crippen LogP contribution in [0.4, 0.5) is 0 Å². The molecule has 0 aromatic heterocycles. The molecule has 0 aliphatic carbocycles. The first-order valence-corrected chi connectivity index (χ1v) is 7.73. The van der Waals surface area contributed by atoms with Gasteiger partial charge < -0.3 is 5.11 Å². The second kappa shape index (κ2) is 5.45. The minimum atomic E-state index is -3.47. The molecule has 4 nitrogen and oxygen atoms in total. The second-order valence-electron chi connectivity index (χ2n) is 4.98. The molecule has 0 bridgehead atoms. The molecule has 0 radical (unpaired) electrons. The van der Waals surface area contributed by atoms with Crippen LogP contribution in [0.15, 0.2) is 41.8 Å². The fourth-order valence-electron chi connectivity index (χ4n) is 2.37. The van der Waals surface area contributed by atoms with E-state index in [9.17, 15) is 13.5 Å². The van der Waals surface area contributed by atoms with E-state index in [2.05, 4.69) is 6.58 Å². The fourth-order valence-corrected chi connectivity index (χ4v) is 3.91. The van der Waals surface area contributed by atoms with Crippen molar-refractivity contribution in [2.45, 2.75) is 11.8 Å². The van der Waals surface area contributed by atoms with Gasteiger partial charge in [0.05, 0.1) is 4.90 Å². The number of benzene rings is 1. The summed E-state index contributed by atoms with van der Waals surface area (Å²) in [4.78, 5) is 0.305. The Hall–Kier alpha value is -1.17. The van der Waals surface area contributed by atoms with Crippen LogP contribution in [0.3, 0.4) is 0 Å². The molecule has 1 aliphatic heterocycles. The molecule has 1 aromatic carbocycles. The minimum Gasteiger partial charge on any atom is -0.396 e. The van der Waals surface area contributed by atoms with Gasteiger partial charge in [0, 0.05) is 25.6 Å². The van der Waals surface area contributed by atoms with Gasteiger partial charge in [-0.05, 0) is 25.0 Å². The summed E-state index contributed by atoms with van der Waals surface area (Å²) >= 11 is 0. The third kappa shape index (κ3) is 2.73. The molecule has 0 spiro atoms. The molecule has 104 valence electrons. The summed E-state index contributed by atoms with van der Waals surface area (Å²) in [6, 6.07) is 6.83. The fraction of sp³-hybridized carbons (Fsp3) is 0.429. The predicted octanol–water partition coefficient (Wildman–Crippen LogP) is 1.41. The number of aliphatic hydroxyl groups is 1. The number of nitrogens with zero attached hydrogens (tertiary/aromatic N) is 1. The van der Waals surface area contributed by atoms with Gasteiger partial charge in [0.1, 0.15) is 0 Å². The van der Waals surface area contributed by atoms with Gasteiger partial charge in [0.15, 0.2) is 0 Å². The number of rotatable bonds is 4. The number of aliphatic hydroxyl groups excluding tert-OH is 1. The van der Waals surface area contributed by atoms with Crippen molar-refractivity contribution < 1.29 is 13.5 Å². The lowest BCUT2D eigenvalue weighted by molar-refractivity contribution is 0.217. The van der Waals surface area contributed by atoms with E-state index < -0.39 is 10.0 Å². The topological polar surface area (TPSA) is 57.6 Å². The Morgan fingerprint density at radius 3 is 2.47 bits per heavy atom. The van der Waals surface area contributed by atoms with Crippen LogP contribution in [0.25, 0.3) is 0 Å². The van der Waals surface area contributed by atoms with Crippen LogP contribution >= 0.6 is 0 Å². The largest absolute Gasteiger partial charge is 0.396 e. The SMILES string of the molecule is C=CC1CN(S(=O)(=O)c2ccc(C)cc2)CC1CO. The van der Waals surface area contributed by atoms with E-state index in [0.717, 1.165) is 5.56 Å². The Labute approximate surface area is 114 Å². The molecule has 0 saturated carbocycles. The summed E-state index contributed by atoms with van der Waals surface area (Å²) < 4.78 is 26.4. The summed E-state index contributed by atoms with van der Waals surface area (Å²) in [6.07, 6.45) is 1.73. The van der Waals surface area contributed by atoms with Crippen molar-refractivity contribution in [1.29, 1.82) is 0 Å². The monoisotopic (exact) mass is 281 g/mol. The number of hydrogen-bond acceptors (Lipinski definition) is 3. The predicted molar refractivity (Wildman–Crippen MR) is 74.2 cm³/mol. The molecule has 1 N–H and O–H groups in total. The molecule has 1 fully saturated rings. The summed E-state index contributed by atoms with van der Waals surface area (Å²) in [5.74, 6) is -0.0389. The Balaban J connectivity index is 2.26. The van der Waals surface area contributed by atoms with Crippen LogP contribution in [0.5, 0.6) is 0 Å². The first-order valence-electron chi connectivity index (χ1n) is 6.29. The highest BCUT2D eigenvalue weighted by Gasteiger charge is 2.37. The van der Waals surface area contributed by atoms with Crippen molar-refractivity contribution in [2.75, 3.05) is 19.7 Å². The van der Waals surface area contributed by atoms with Gasteiger partial charge in [-0.1, -0.05) is 23.8 Å². The van der Waals surface area contributed by atoms with E-state index in [1.54, 1.807) is 30.3 Å². The summed E-state index contributed by atoms with van der Waals surface area (Å²) in [6.45, 7) is 6.35. The van der Waals surface area contributed by atoms with E-state index in [4.69, 9.17) is 0 Å². The number of sulfonamides is 1. The van der Waals surface area contributed by atoms with Crippen LogP contribution in [0.1, 0.15) is 5.56 Å². The van der Waals surface area contributed by atoms with Crippen molar-refractivity contribution in [3.05, 3.63) is 42.5 Å². The van der Waals surface area contributed by atoms with Gasteiger partial charge in [-0.2, -0.15) is 4.31 Å². The minimum absolute atomic E-state index is 0.0173. The average Bonchev–Trinajstić information content (AvgIpc) is 2.83. The highest BCUT2D eigenvalue weighted by Crippen LogP contribution is 2.29. The van der Waals surface area contributed by atoms with Crippen molar-refractivity contribution in [2.24, 2.45) is 11.8 Å². The number of aryl methyl sites for hydroxylation is 1. The molecular weight excluding hydrogens is 262 g/mol. The van der Waals surface area contributed by atoms with Crippen molar-refractivity contribution in [3.63, 3.8) is 0 Å². The van der Waals surface area contributed by atoms with Crippen LogP contribution in [0, 0.1) is 18.8 Å². The van der Waals surface area contributed by atoms with Gasteiger partial charge in [-0.25, -0.2) is 8.42 Å². The third-order valence-corrected chi connectivity index (χ3v) is 5.50. The summed E-state index contributed by atoms with van der Waals surface area (Å²) in [5, 5.41) is 9.29. The lowest BCUT2D eigenvalue weighted by atomic mass is 9.97. The Morgan fingerprint density at radius 1 is 1.37 bits per heavy atom. The molecule has 5 heteroatoms. The standard InChI is InChI=1S/C14H19NO3S/c1-3-12-8-15(9-13(12)10-16)19(17,18)14-6-4-11(2)5-7-14/h3-7,12-13,16H,1,8-10H2,2H3. The van der Waals surface area contributed by atoms with Gasteiger partial charge in [-0.15, -0.1) is 6.58 Å². The van der Waals surface area contributed by atoms with Gasteiger partial charge in [-0.3, -0.25) is 0 Å². The maximum absolute atomic E-state index is 12.5. The summed E-state index contributed by atoms with van der Waals surface area (Å²) in [5.41, 5.74) is 1.03. The molecule has 2 rings (SSSR count). The Morgan fingerprint density at radius 2 is 2.00 bits per heavy atom. The van der Waals surface area contributed by atoms with E-state index >= 15 is 0 Å². The van der Waals surface area contributed by atoms with E-state index in [1.807, 2.05) is 6.92 Å². The molecule has 1 aliphatic rings. The Kier molecular flexibility index (Phi) is 4.08. The van der Waals surface area contributed by atoms with Crippen LogP contribution < -0.4 is 0 Å². The highest BCUT2D eigenvalue weighted by molar-refractivity contribution is 7.89. The zero-order chi connectivity index (χ0) is 14.0. The zero-order valence-electron chi connectivity index (χ0n) is 11.0. The van der Waals surface area contributed by atoms with E-state index in [1.165, 1.54) is 4.31 Å². The molecule has 2 atom stereocenters. The van der Waals surface area contributed by atoms with Gasteiger partial charge in [0.2, 0.25) is 10.0 Å². The van der Waals surface area contributed by atoms with Crippen LogP contribution in [0.2, 0.25) is 0 Å². The average molecular weight is 281 g/mol. The zero-order valence-corrected chi connectivity index (χ0v) is 11.8. The van der Waals surface area contributed by atoms with Crippen molar-refractivity contribution in [1.82, 2.24) is 4.31 Å². The lowest BCUT2D eigenvalue weighted by Gasteiger charge is -2.16. The highest BCUT2D eigenvalue weighted by atomic mass is 32.2. The van der Waals surface area contributed by atoms with Crippen molar-refractivity contribution in [3.8, 4) is 0 Å². The molecule has 2 unspecified atom stereocenters. The maximum atomic E-state index is 12.5. The molecule has 1 heterocycles. The molecule has 19 heavy (non-hydrogen) atoms. The van der Waals surface area contributed by atoms with Crippen LogP contribution in [-0.4, -0.2) is 37.5 Å². The first kappa shape index (κ1) is 14.2. The quantitative estimate of drug-likeness (QED) is 0.849. The maximum Gasteiger partial charge on any atom is 0.243 e. The third-order valence-electron chi connectivity index (χ3n) is 3.65. The second-order valence-corrected chi connectivity index (χ2v) is 6.92. The molecule has 0 amide bonds. The Bertz CT molecular complexity index is 551. The smallest absolute Gasteiger partial charge is 0.243 e. The van der Waals surface area contributed by atoms with Crippen LogP contribution in [-0.2, 0) is 10.0 Å². The molecule has 1 saturated heterocycles.